The van der Waals surface area contributed by atoms with Gasteiger partial charge in [-0.1, -0.05) is 6.07 Å². The standard InChI is InChI=1S/C15H13BN2O5/c17-8-10-1-4-14(18-15(10)21-6-5-19)23-12-2-3-13-11(7-12)9-22-16(13)20/h1-4,7,19-20H,5-6,9H2. The van der Waals surface area contributed by atoms with Gasteiger partial charge in [0.05, 0.1) is 13.2 Å². The molecule has 0 saturated carbocycles. The summed E-state index contributed by atoms with van der Waals surface area (Å²) in [6, 6.07) is 10.3. The highest BCUT2D eigenvalue weighted by Gasteiger charge is 2.27. The first-order valence-corrected chi connectivity index (χ1v) is 6.96. The van der Waals surface area contributed by atoms with Gasteiger partial charge in [0.2, 0.25) is 11.8 Å². The molecule has 1 aliphatic rings. The number of ether oxygens (including phenoxy) is 2. The second-order valence-corrected chi connectivity index (χ2v) is 4.81. The number of benzene rings is 1. The Labute approximate surface area is 132 Å². The van der Waals surface area contributed by atoms with E-state index in [1.165, 1.54) is 6.07 Å². The van der Waals surface area contributed by atoms with Gasteiger partial charge < -0.3 is 24.3 Å². The molecule has 2 aromatic rings. The van der Waals surface area contributed by atoms with Crippen LogP contribution in [0.3, 0.4) is 0 Å². The van der Waals surface area contributed by atoms with Crippen LogP contribution in [0, 0.1) is 11.3 Å². The maximum Gasteiger partial charge on any atom is 0.491 e. The molecule has 1 aromatic heterocycles. The van der Waals surface area contributed by atoms with Crippen molar-refractivity contribution in [3.8, 4) is 23.6 Å². The quantitative estimate of drug-likeness (QED) is 0.767. The number of hydrogen-bond donors (Lipinski definition) is 2. The van der Waals surface area contributed by atoms with Crippen LogP contribution >= 0.6 is 0 Å². The van der Waals surface area contributed by atoms with Crippen LogP contribution in [0.2, 0.25) is 0 Å². The third-order valence-electron chi connectivity index (χ3n) is 3.28. The van der Waals surface area contributed by atoms with E-state index in [4.69, 9.17) is 24.5 Å². The number of aliphatic hydroxyl groups is 1. The van der Waals surface area contributed by atoms with Gasteiger partial charge in [0.25, 0.3) is 0 Å². The molecule has 2 N–H and O–H groups in total. The molecule has 8 heteroatoms. The molecular weight excluding hydrogens is 299 g/mol. The van der Waals surface area contributed by atoms with Crippen LogP contribution in [-0.2, 0) is 11.3 Å². The van der Waals surface area contributed by atoms with Gasteiger partial charge >= 0.3 is 7.12 Å². The lowest BCUT2D eigenvalue weighted by Crippen LogP contribution is -2.27. The van der Waals surface area contributed by atoms with Gasteiger partial charge in [-0.3, -0.25) is 0 Å². The highest BCUT2D eigenvalue weighted by atomic mass is 16.5. The minimum Gasteiger partial charge on any atom is -0.474 e. The lowest BCUT2D eigenvalue weighted by atomic mass is 9.80. The average Bonchev–Trinajstić information content (AvgIpc) is 2.94. The lowest BCUT2D eigenvalue weighted by molar-refractivity contribution is 0.195. The number of pyridine rings is 1. The molecule has 1 aromatic carbocycles. The fraction of sp³-hybridized carbons (Fsp3) is 0.200. The van der Waals surface area contributed by atoms with Crippen molar-refractivity contribution in [3.63, 3.8) is 0 Å². The van der Waals surface area contributed by atoms with E-state index in [2.05, 4.69) is 4.98 Å². The molecule has 0 spiro atoms. The van der Waals surface area contributed by atoms with Crippen LogP contribution < -0.4 is 14.9 Å². The highest BCUT2D eigenvalue weighted by molar-refractivity contribution is 6.61. The second-order valence-electron chi connectivity index (χ2n) is 4.81. The molecule has 2 heterocycles. The first-order valence-electron chi connectivity index (χ1n) is 6.96. The Morgan fingerprint density at radius 3 is 3.00 bits per heavy atom. The fourth-order valence-corrected chi connectivity index (χ4v) is 2.21. The van der Waals surface area contributed by atoms with Crippen molar-refractivity contribution in [2.24, 2.45) is 0 Å². The molecule has 1 aliphatic heterocycles. The molecule has 23 heavy (non-hydrogen) atoms. The van der Waals surface area contributed by atoms with Gasteiger partial charge in [-0.05, 0) is 29.2 Å². The first-order chi connectivity index (χ1) is 11.2. The molecule has 0 fully saturated rings. The zero-order valence-electron chi connectivity index (χ0n) is 12.1. The van der Waals surface area contributed by atoms with Crippen molar-refractivity contribution < 1.29 is 24.3 Å². The fourth-order valence-electron chi connectivity index (χ4n) is 2.21. The molecular formula is C15H13BN2O5. The maximum absolute atomic E-state index is 9.60. The van der Waals surface area contributed by atoms with Gasteiger partial charge in [-0.15, -0.1) is 0 Å². The predicted molar refractivity (Wildman–Crippen MR) is 80.4 cm³/mol. The number of fused-ring (bicyclic) bond motifs is 1. The van der Waals surface area contributed by atoms with Gasteiger partial charge in [0.1, 0.15) is 24.0 Å². The number of nitriles is 1. The topological polar surface area (TPSA) is 105 Å². The summed E-state index contributed by atoms with van der Waals surface area (Å²) in [7, 11) is -0.898. The van der Waals surface area contributed by atoms with Gasteiger partial charge in [-0.25, -0.2) is 0 Å². The van der Waals surface area contributed by atoms with Crippen molar-refractivity contribution in [3.05, 3.63) is 41.5 Å². The normalized spacial score (nSPS) is 12.7. The van der Waals surface area contributed by atoms with E-state index in [1.54, 1.807) is 24.3 Å². The van der Waals surface area contributed by atoms with Crippen molar-refractivity contribution >= 4 is 12.6 Å². The Balaban J connectivity index is 1.81. The molecule has 0 unspecified atom stereocenters. The summed E-state index contributed by atoms with van der Waals surface area (Å²) in [5.74, 6) is 0.905. The number of aliphatic hydroxyl groups excluding tert-OH is 1. The van der Waals surface area contributed by atoms with Crippen LogP contribution in [-0.4, -0.2) is 35.4 Å². The molecule has 0 aliphatic carbocycles. The third-order valence-corrected chi connectivity index (χ3v) is 3.28. The van der Waals surface area contributed by atoms with Crippen molar-refractivity contribution in [2.75, 3.05) is 13.2 Å². The lowest BCUT2D eigenvalue weighted by Gasteiger charge is -2.09. The summed E-state index contributed by atoms with van der Waals surface area (Å²) in [5.41, 5.74) is 1.83. The van der Waals surface area contributed by atoms with E-state index in [1.807, 2.05) is 6.07 Å². The molecule has 3 rings (SSSR count). The Bertz CT molecular complexity index is 762. The van der Waals surface area contributed by atoms with Crippen LogP contribution in [0.4, 0.5) is 0 Å². The number of rotatable bonds is 5. The van der Waals surface area contributed by atoms with E-state index in [0.717, 1.165) is 11.0 Å². The summed E-state index contributed by atoms with van der Waals surface area (Å²) >= 11 is 0. The van der Waals surface area contributed by atoms with E-state index in [0.29, 0.717) is 12.4 Å². The summed E-state index contributed by atoms with van der Waals surface area (Å²) in [5, 5.41) is 27.4. The smallest absolute Gasteiger partial charge is 0.474 e. The SMILES string of the molecule is N#Cc1ccc(Oc2ccc3c(c2)COB3O)nc1OCCO. The Morgan fingerprint density at radius 1 is 1.35 bits per heavy atom. The first kappa shape index (κ1) is 15.3. The van der Waals surface area contributed by atoms with Crippen molar-refractivity contribution in [1.29, 1.82) is 5.26 Å². The minimum absolute atomic E-state index is 0.0409. The summed E-state index contributed by atoms with van der Waals surface area (Å²) in [6.45, 7) is 0.184. The molecule has 116 valence electrons. The number of aromatic nitrogens is 1. The zero-order valence-corrected chi connectivity index (χ0v) is 12.1. The molecule has 0 amide bonds. The van der Waals surface area contributed by atoms with E-state index in [-0.39, 0.29) is 30.5 Å². The molecule has 0 bridgehead atoms. The van der Waals surface area contributed by atoms with Crippen molar-refractivity contribution in [2.45, 2.75) is 6.61 Å². The zero-order chi connectivity index (χ0) is 16.2. The molecule has 7 nitrogen and oxygen atoms in total. The van der Waals surface area contributed by atoms with Gasteiger partial charge in [0, 0.05) is 6.07 Å². The monoisotopic (exact) mass is 312 g/mol. The largest absolute Gasteiger partial charge is 0.491 e. The minimum atomic E-state index is -0.898. The molecule has 0 saturated heterocycles. The van der Waals surface area contributed by atoms with Crippen LogP contribution in [0.1, 0.15) is 11.1 Å². The van der Waals surface area contributed by atoms with Gasteiger partial charge in [-0.2, -0.15) is 10.2 Å². The molecule has 0 atom stereocenters. The van der Waals surface area contributed by atoms with E-state index >= 15 is 0 Å². The van der Waals surface area contributed by atoms with Crippen LogP contribution in [0.5, 0.6) is 17.5 Å². The number of nitrogens with zero attached hydrogens (tertiary/aromatic N) is 2. The summed E-state index contributed by atoms with van der Waals surface area (Å²) < 4.78 is 16.0. The number of hydrogen-bond acceptors (Lipinski definition) is 7. The summed E-state index contributed by atoms with van der Waals surface area (Å²) in [6.07, 6.45) is 0. The second kappa shape index (κ2) is 6.66. The average molecular weight is 312 g/mol. The van der Waals surface area contributed by atoms with Crippen LogP contribution in [0.25, 0.3) is 0 Å². The van der Waals surface area contributed by atoms with E-state index < -0.39 is 7.12 Å². The predicted octanol–water partition coefficient (Wildman–Crippen LogP) is 0.334. The Kier molecular flexibility index (Phi) is 4.44. The summed E-state index contributed by atoms with van der Waals surface area (Å²) in [4.78, 5) is 4.13. The van der Waals surface area contributed by atoms with Crippen molar-refractivity contribution in [1.82, 2.24) is 4.98 Å². The Hall–Kier alpha value is -2.60. The van der Waals surface area contributed by atoms with E-state index in [9.17, 15) is 5.02 Å². The van der Waals surface area contributed by atoms with Gasteiger partial charge in [0.15, 0.2) is 0 Å². The van der Waals surface area contributed by atoms with Crippen LogP contribution in [0.15, 0.2) is 30.3 Å². The third kappa shape index (κ3) is 3.27. The highest BCUT2D eigenvalue weighted by Crippen LogP contribution is 2.25. The Morgan fingerprint density at radius 2 is 2.22 bits per heavy atom. The maximum atomic E-state index is 9.60. The molecule has 0 radical (unpaired) electrons.